The van der Waals surface area contributed by atoms with Gasteiger partial charge in [0.05, 0.1) is 19.1 Å². The summed E-state index contributed by atoms with van der Waals surface area (Å²) in [5.41, 5.74) is 8.53. The number of carboxylic acid groups (broad SMARTS) is 1. The number of phenolic OH excluding ortho intramolecular Hbond substituents is 1. The number of benzene rings is 3. The van der Waals surface area contributed by atoms with E-state index in [1.807, 2.05) is 24.5 Å². The van der Waals surface area contributed by atoms with Crippen molar-refractivity contribution in [1.82, 2.24) is 21.3 Å². The summed E-state index contributed by atoms with van der Waals surface area (Å²) in [5.74, 6) is -0.656. The average Bonchev–Trinajstić information content (AvgIpc) is 3.73. The molecule has 4 amide bonds. The highest BCUT2D eigenvalue weighted by molar-refractivity contribution is 7.98. The second-order valence-electron chi connectivity index (χ2n) is 15.0. The monoisotopic (exact) mass is 897 g/mol. The lowest BCUT2D eigenvalue weighted by molar-refractivity contribution is -0.142. The molecule has 17 heteroatoms. The lowest BCUT2D eigenvalue weighted by Crippen LogP contribution is -2.54. The van der Waals surface area contributed by atoms with Crippen molar-refractivity contribution in [3.05, 3.63) is 89.5 Å². The molecule has 0 saturated heterocycles. The zero-order valence-electron chi connectivity index (χ0n) is 35.9. The number of thioether (sulfide) groups is 1. The van der Waals surface area contributed by atoms with E-state index in [-0.39, 0.29) is 30.3 Å². The van der Waals surface area contributed by atoms with Crippen molar-refractivity contribution in [3.8, 4) is 17.2 Å². The molecule has 3 aromatic carbocycles. The molecule has 1 aliphatic rings. The van der Waals surface area contributed by atoms with Crippen LogP contribution in [0.4, 0.5) is 0 Å². The topological polar surface area (TPSA) is 241 Å². The van der Waals surface area contributed by atoms with Crippen LogP contribution in [0.15, 0.2) is 72.8 Å². The number of nitrogens with two attached hydrogens (primary N) is 1. The zero-order valence-corrected chi connectivity index (χ0v) is 37.5. The molecule has 8 N–H and O–H groups in total. The molecule has 0 bridgehead atoms. The Morgan fingerprint density at radius 1 is 0.774 bits per heavy atom. The number of ether oxygens (including phenoxy) is 2. The van der Waals surface area contributed by atoms with Gasteiger partial charge in [0, 0.05) is 12.8 Å². The van der Waals surface area contributed by atoms with E-state index in [9.17, 15) is 38.7 Å². The van der Waals surface area contributed by atoms with Crippen molar-refractivity contribution in [1.29, 1.82) is 0 Å². The average molecular weight is 898 g/mol. The number of aliphatic carboxylic acids is 1. The molecule has 0 radical (unpaired) electrons. The van der Waals surface area contributed by atoms with Gasteiger partial charge in [0.25, 0.3) is 0 Å². The molecule has 5 atom stereocenters. The predicted molar refractivity (Wildman–Crippen MR) is 243 cm³/mol. The second kappa shape index (κ2) is 28.6. The summed E-state index contributed by atoms with van der Waals surface area (Å²) in [5, 5.41) is 28.8. The largest absolute Gasteiger partial charge is 0.616 e. The number of carboxylic acids is 1. The first kappa shape index (κ1) is 51.4. The fourth-order valence-corrected chi connectivity index (χ4v) is 8.05. The van der Waals surface area contributed by atoms with Gasteiger partial charge in [-0.25, -0.2) is 4.79 Å². The van der Waals surface area contributed by atoms with Crippen molar-refractivity contribution < 1.29 is 48.2 Å². The van der Waals surface area contributed by atoms with Gasteiger partial charge in [-0.2, -0.15) is 11.8 Å². The Morgan fingerprint density at radius 3 is 2.11 bits per heavy atom. The van der Waals surface area contributed by atoms with Gasteiger partial charge in [0.1, 0.15) is 28.8 Å². The third-order valence-corrected chi connectivity index (χ3v) is 12.3. The number of unbranched alkanes of at least 4 members (excludes halogenated alkanes) is 5. The standard InChI is InChI=1S/C27H35N5O7S.C18H28O3S/c1-40-12-11-21(27(38)39)32-26(37)22(14-17-5-3-2-4-6-17)31-24(35)16-29-23(34)15-30-25(36)20(28)13-18-7-9-19(33)10-8-18;1-3-4-5-6-7-8-11-22(19)15(2)12-16-9-10-17-18(13-16)21-14-20-17/h2-10,20-22,33H,11-16,28H2,1H3,(H,29,34)(H,30,36)(H,31,35)(H,32,37)(H,38,39);9-10,13,15H,3-8,11-12,14H2,1-2H3/t20-,21-,22-;/m1./s1. The number of rotatable bonds is 26. The number of fused-ring (bicyclic) bond motifs is 1. The van der Waals surface area contributed by atoms with Gasteiger partial charge in [0.15, 0.2) is 11.5 Å². The van der Waals surface area contributed by atoms with Crippen molar-refractivity contribution in [2.75, 3.05) is 37.6 Å². The van der Waals surface area contributed by atoms with Crippen LogP contribution in [-0.4, -0.2) is 105 Å². The van der Waals surface area contributed by atoms with E-state index in [0.29, 0.717) is 12.5 Å². The molecule has 0 aliphatic carbocycles. The fourth-order valence-electron chi connectivity index (χ4n) is 6.31. The third-order valence-electron chi connectivity index (χ3n) is 9.87. The molecule has 3 aromatic rings. The van der Waals surface area contributed by atoms with Crippen molar-refractivity contribution in [2.24, 2.45) is 5.73 Å². The van der Waals surface area contributed by atoms with Crippen molar-refractivity contribution in [3.63, 3.8) is 0 Å². The molecule has 1 heterocycles. The summed E-state index contributed by atoms with van der Waals surface area (Å²) in [4.78, 5) is 61.5. The number of hydrogen-bond donors (Lipinski definition) is 7. The third kappa shape index (κ3) is 19.8. The Kier molecular flexibility index (Phi) is 23.7. The van der Waals surface area contributed by atoms with Gasteiger partial charge < -0.3 is 51.2 Å². The second-order valence-corrected chi connectivity index (χ2v) is 18.0. The van der Waals surface area contributed by atoms with Crippen LogP contribution < -0.4 is 36.5 Å². The van der Waals surface area contributed by atoms with Crippen LogP contribution in [0, 0.1) is 0 Å². The summed E-state index contributed by atoms with van der Waals surface area (Å²) in [6, 6.07) is 18.0. The first-order valence-corrected chi connectivity index (χ1v) is 23.8. The van der Waals surface area contributed by atoms with Gasteiger partial charge in [-0.15, -0.1) is 0 Å². The number of carbonyl (C=O) groups is 5. The first-order chi connectivity index (χ1) is 29.8. The summed E-state index contributed by atoms with van der Waals surface area (Å²) in [6.07, 6.45) is 10.7. The highest BCUT2D eigenvalue weighted by atomic mass is 32.2. The number of hydrogen-bond acceptors (Lipinski definition) is 11. The number of nitrogens with one attached hydrogen (secondary N) is 4. The van der Waals surface area contributed by atoms with Crippen molar-refractivity contribution in [2.45, 2.75) is 101 Å². The van der Waals surface area contributed by atoms with Gasteiger partial charge in [0.2, 0.25) is 30.4 Å². The maximum Gasteiger partial charge on any atom is 0.326 e. The summed E-state index contributed by atoms with van der Waals surface area (Å²) < 4.78 is 23.0. The number of amides is 4. The molecular formula is C45H63N5O10S2. The van der Waals surface area contributed by atoms with Crippen LogP contribution in [0.2, 0.25) is 0 Å². The minimum atomic E-state index is -1.18. The van der Waals surface area contributed by atoms with E-state index >= 15 is 0 Å². The van der Waals surface area contributed by atoms with Crippen molar-refractivity contribution >= 4 is 52.5 Å². The number of aromatic hydroxyl groups is 1. The molecule has 0 fully saturated rings. The molecular weight excluding hydrogens is 835 g/mol. The smallest absolute Gasteiger partial charge is 0.326 e. The molecule has 0 saturated carbocycles. The highest BCUT2D eigenvalue weighted by Gasteiger charge is 2.27. The zero-order chi connectivity index (χ0) is 45.3. The Labute approximate surface area is 372 Å². The molecule has 1 aliphatic heterocycles. The Bertz CT molecular complexity index is 1840. The minimum absolute atomic E-state index is 0.0881. The number of phenols is 1. The van der Waals surface area contributed by atoms with E-state index < -0.39 is 72.0 Å². The van der Waals surface area contributed by atoms with Gasteiger partial charge in [-0.1, -0.05) is 92.3 Å². The SMILES string of the molecule is CCCCCCCC[S+]([O-])C(C)Cc1ccc2c(c1)OCO2.CSCC[C@@H](NC(=O)[C@@H](Cc1ccccc1)NC(=O)CNC(=O)CNC(=O)[C@H](N)Cc1ccc(O)cc1)C(=O)O. The van der Waals surface area contributed by atoms with Crippen LogP contribution in [0.25, 0.3) is 0 Å². The van der Waals surface area contributed by atoms with Gasteiger partial charge in [-0.05, 0) is 85.6 Å². The van der Waals surface area contributed by atoms with Crippen LogP contribution in [0.3, 0.4) is 0 Å². The van der Waals surface area contributed by atoms with E-state index in [2.05, 4.69) is 35.1 Å². The molecule has 0 spiro atoms. The van der Waals surface area contributed by atoms with Crippen LogP contribution in [-0.2, 0) is 54.4 Å². The van der Waals surface area contributed by atoms with E-state index in [4.69, 9.17) is 15.2 Å². The van der Waals surface area contributed by atoms with E-state index in [1.165, 1.54) is 61.6 Å². The van der Waals surface area contributed by atoms with Crippen LogP contribution in [0.1, 0.15) is 75.5 Å². The predicted octanol–water partition coefficient (Wildman–Crippen LogP) is 4.00. The Hall–Kier alpha value is -4.97. The molecule has 0 aromatic heterocycles. The Morgan fingerprint density at radius 2 is 1.42 bits per heavy atom. The summed E-state index contributed by atoms with van der Waals surface area (Å²) >= 11 is 0.704. The van der Waals surface area contributed by atoms with Gasteiger partial charge >= 0.3 is 5.97 Å². The molecule has 15 nitrogen and oxygen atoms in total. The summed E-state index contributed by atoms with van der Waals surface area (Å²) in [7, 11) is 0. The molecule has 340 valence electrons. The minimum Gasteiger partial charge on any atom is -0.616 e. The summed E-state index contributed by atoms with van der Waals surface area (Å²) in [6.45, 7) is 3.73. The van der Waals surface area contributed by atoms with Crippen LogP contribution in [0.5, 0.6) is 17.2 Å². The van der Waals surface area contributed by atoms with E-state index in [0.717, 1.165) is 41.2 Å². The van der Waals surface area contributed by atoms with E-state index in [1.54, 1.807) is 42.5 Å². The Balaban J connectivity index is 0.000000390. The highest BCUT2D eigenvalue weighted by Crippen LogP contribution is 2.33. The maximum atomic E-state index is 12.9. The number of carbonyl (C=O) groups excluding carboxylic acids is 4. The lowest BCUT2D eigenvalue weighted by atomic mass is 10.0. The van der Waals surface area contributed by atoms with Gasteiger partial charge in [-0.3, -0.25) is 19.2 Å². The fraction of sp³-hybridized carbons (Fsp3) is 0.489. The molecule has 4 rings (SSSR count). The first-order valence-electron chi connectivity index (χ1n) is 21.0. The van der Waals surface area contributed by atoms with Crippen LogP contribution >= 0.6 is 11.8 Å². The quantitative estimate of drug-likeness (QED) is 0.0447. The molecule has 62 heavy (non-hydrogen) atoms. The lowest BCUT2D eigenvalue weighted by Gasteiger charge is -2.22. The molecule has 2 unspecified atom stereocenters. The normalized spacial score (nSPS) is 13.9. The maximum absolute atomic E-state index is 12.9.